The van der Waals surface area contributed by atoms with Crippen molar-refractivity contribution in [2.45, 2.75) is 6.10 Å². The number of anilines is 1. The van der Waals surface area contributed by atoms with Crippen LogP contribution >= 0.6 is 11.6 Å². The normalized spacial score (nSPS) is 11.6. The average Bonchev–Trinajstić information content (AvgIpc) is 2.45. The lowest BCUT2D eigenvalue weighted by atomic mass is 10.1. The van der Waals surface area contributed by atoms with Crippen LogP contribution in [0.2, 0.25) is 5.02 Å². The molecule has 0 spiro atoms. The van der Waals surface area contributed by atoms with Crippen molar-refractivity contribution in [2.24, 2.45) is 0 Å². The van der Waals surface area contributed by atoms with E-state index in [0.29, 0.717) is 17.1 Å². The molecule has 1 atom stereocenters. The first-order valence-corrected chi connectivity index (χ1v) is 6.31. The van der Waals surface area contributed by atoms with E-state index in [0.717, 1.165) is 11.3 Å². The van der Waals surface area contributed by atoms with Crippen molar-refractivity contribution >= 4 is 17.3 Å². The van der Waals surface area contributed by atoms with Gasteiger partial charge in [-0.15, -0.1) is 6.42 Å². The zero-order valence-electron chi connectivity index (χ0n) is 10.3. The summed E-state index contributed by atoms with van der Waals surface area (Å²) in [6, 6.07) is 14.8. The molecule has 0 heterocycles. The Kier molecular flexibility index (Phi) is 4.46. The number of aliphatic hydroxyl groups is 1. The summed E-state index contributed by atoms with van der Waals surface area (Å²) in [5.74, 6) is 2.57. The average molecular weight is 272 g/mol. The number of aliphatic hydroxyl groups excluding tert-OH is 1. The molecule has 2 rings (SSSR count). The number of halogens is 1. The summed E-state index contributed by atoms with van der Waals surface area (Å²) in [4.78, 5) is 0. The van der Waals surface area contributed by atoms with Crippen LogP contribution in [0.4, 0.5) is 5.69 Å². The van der Waals surface area contributed by atoms with Crippen LogP contribution in [0.15, 0.2) is 48.5 Å². The van der Waals surface area contributed by atoms with Gasteiger partial charge >= 0.3 is 0 Å². The summed E-state index contributed by atoms with van der Waals surface area (Å²) < 4.78 is 0. The van der Waals surface area contributed by atoms with Crippen LogP contribution in [0.3, 0.4) is 0 Å². The summed E-state index contributed by atoms with van der Waals surface area (Å²) in [7, 11) is 0. The van der Waals surface area contributed by atoms with Gasteiger partial charge in [0, 0.05) is 28.4 Å². The van der Waals surface area contributed by atoms with Crippen LogP contribution in [0.25, 0.3) is 0 Å². The second kappa shape index (κ2) is 6.29. The Balaban J connectivity index is 2.03. The van der Waals surface area contributed by atoms with Crippen molar-refractivity contribution in [1.82, 2.24) is 0 Å². The van der Waals surface area contributed by atoms with Crippen molar-refractivity contribution in [3.8, 4) is 12.3 Å². The molecule has 2 aromatic carbocycles. The maximum Gasteiger partial charge on any atom is 0.0976 e. The molecule has 0 amide bonds. The third-order valence-electron chi connectivity index (χ3n) is 2.79. The Morgan fingerprint density at radius 2 is 2.00 bits per heavy atom. The van der Waals surface area contributed by atoms with Gasteiger partial charge in [0.1, 0.15) is 0 Å². The second-order valence-corrected chi connectivity index (χ2v) is 4.55. The topological polar surface area (TPSA) is 32.3 Å². The molecule has 0 aliphatic heterocycles. The van der Waals surface area contributed by atoms with E-state index in [1.165, 1.54) is 0 Å². The SMILES string of the molecule is C#Cc1cccc(NCC(O)c2ccccc2Cl)c1. The highest BCUT2D eigenvalue weighted by Crippen LogP contribution is 2.23. The second-order valence-electron chi connectivity index (χ2n) is 4.14. The number of terminal acetylenes is 1. The molecule has 0 radical (unpaired) electrons. The molecule has 3 heteroatoms. The molecule has 0 saturated carbocycles. The number of rotatable bonds is 4. The van der Waals surface area contributed by atoms with E-state index in [9.17, 15) is 5.11 Å². The zero-order chi connectivity index (χ0) is 13.7. The first kappa shape index (κ1) is 13.5. The maximum absolute atomic E-state index is 10.1. The predicted octanol–water partition coefficient (Wildman–Crippen LogP) is 3.47. The Morgan fingerprint density at radius 3 is 2.74 bits per heavy atom. The standard InChI is InChI=1S/C16H14ClNO/c1-2-12-6-5-7-13(10-12)18-11-16(19)14-8-3-4-9-15(14)17/h1,3-10,16,18-19H,11H2. The summed E-state index contributed by atoms with van der Waals surface area (Å²) in [6.45, 7) is 0.373. The van der Waals surface area contributed by atoms with E-state index < -0.39 is 6.10 Å². The third kappa shape index (κ3) is 3.51. The third-order valence-corrected chi connectivity index (χ3v) is 3.14. The van der Waals surface area contributed by atoms with Gasteiger partial charge in [0.15, 0.2) is 0 Å². The Hall–Kier alpha value is -1.95. The van der Waals surface area contributed by atoms with Crippen molar-refractivity contribution in [1.29, 1.82) is 0 Å². The number of nitrogens with one attached hydrogen (secondary N) is 1. The molecule has 0 saturated heterocycles. The Morgan fingerprint density at radius 1 is 1.21 bits per heavy atom. The lowest BCUT2D eigenvalue weighted by Crippen LogP contribution is -2.12. The fraction of sp³-hybridized carbons (Fsp3) is 0.125. The van der Waals surface area contributed by atoms with Gasteiger partial charge in [0.05, 0.1) is 6.10 Å². The summed E-state index contributed by atoms with van der Waals surface area (Å²) in [5, 5.41) is 13.8. The van der Waals surface area contributed by atoms with Crippen LogP contribution in [0, 0.1) is 12.3 Å². The molecular formula is C16H14ClNO. The van der Waals surface area contributed by atoms with Gasteiger partial charge in [0.2, 0.25) is 0 Å². The summed E-state index contributed by atoms with van der Waals surface area (Å²) in [5.41, 5.74) is 2.39. The summed E-state index contributed by atoms with van der Waals surface area (Å²) >= 11 is 6.03. The van der Waals surface area contributed by atoms with E-state index in [4.69, 9.17) is 18.0 Å². The van der Waals surface area contributed by atoms with Crippen LogP contribution in [-0.4, -0.2) is 11.7 Å². The van der Waals surface area contributed by atoms with Gasteiger partial charge in [-0.1, -0.05) is 41.8 Å². The minimum Gasteiger partial charge on any atom is -0.387 e. The van der Waals surface area contributed by atoms with Crippen LogP contribution < -0.4 is 5.32 Å². The van der Waals surface area contributed by atoms with Crippen LogP contribution in [-0.2, 0) is 0 Å². The van der Waals surface area contributed by atoms with Gasteiger partial charge in [0.25, 0.3) is 0 Å². The highest BCUT2D eigenvalue weighted by molar-refractivity contribution is 6.31. The molecule has 2 aromatic rings. The van der Waals surface area contributed by atoms with E-state index in [2.05, 4.69) is 11.2 Å². The molecule has 96 valence electrons. The zero-order valence-corrected chi connectivity index (χ0v) is 11.1. The van der Waals surface area contributed by atoms with Gasteiger partial charge in [-0.25, -0.2) is 0 Å². The molecular weight excluding hydrogens is 258 g/mol. The molecule has 0 aliphatic rings. The van der Waals surface area contributed by atoms with Gasteiger partial charge in [-0.3, -0.25) is 0 Å². The molecule has 0 bridgehead atoms. The maximum atomic E-state index is 10.1. The first-order chi connectivity index (χ1) is 9.20. The number of hydrogen-bond acceptors (Lipinski definition) is 2. The lowest BCUT2D eigenvalue weighted by Gasteiger charge is -2.14. The molecule has 2 N–H and O–H groups in total. The van der Waals surface area contributed by atoms with E-state index in [1.54, 1.807) is 6.07 Å². The fourth-order valence-corrected chi connectivity index (χ4v) is 2.05. The largest absolute Gasteiger partial charge is 0.387 e. The monoisotopic (exact) mass is 271 g/mol. The minimum absolute atomic E-state index is 0.373. The van der Waals surface area contributed by atoms with Crippen molar-refractivity contribution in [3.63, 3.8) is 0 Å². The van der Waals surface area contributed by atoms with Crippen molar-refractivity contribution in [3.05, 3.63) is 64.7 Å². The minimum atomic E-state index is -0.664. The van der Waals surface area contributed by atoms with Gasteiger partial charge < -0.3 is 10.4 Å². The highest BCUT2D eigenvalue weighted by atomic mass is 35.5. The quantitative estimate of drug-likeness (QED) is 0.835. The highest BCUT2D eigenvalue weighted by Gasteiger charge is 2.10. The fourth-order valence-electron chi connectivity index (χ4n) is 1.79. The van der Waals surface area contributed by atoms with Gasteiger partial charge in [-0.2, -0.15) is 0 Å². The molecule has 2 nitrogen and oxygen atoms in total. The molecule has 0 aromatic heterocycles. The number of benzene rings is 2. The first-order valence-electron chi connectivity index (χ1n) is 5.94. The van der Waals surface area contributed by atoms with Gasteiger partial charge in [-0.05, 0) is 24.3 Å². The smallest absolute Gasteiger partial charge is 0.0976 e. The molecule has 1 unspecified atom stereocenters. The lowest BCUT2D eigenvalue weighted by molar-refractivity contribution is 0.192. The van der Waals surface area contributed by atoms with Crippen molar-refractivity contribution < 1.29 is 5.11 Å². The van der Waals surface area contributed by atoms with Crippen LogP contribution in [0.5, 0.6) is 0 Å². The van der Waals surface area contributed by atoms with E-state index >= 15 is 0 Å². The Bertz CT molecular complexity index is 604. The Labute approximate surface area is 118 Å². The van der Waals surface area contributed by atoms with E-state index in [1.807, 2.05) is 42.5 Å². The molecule has 19 heavy (non-hydrogen) atoms. The van der Waals surface area contributed by atoms with Crippen molar-refractivity contribution in [2.75, 3.05) is 11.9 Å². The molecule has 0 fully saturated rings. The predicted molar refractivity (Wildman–Crippen MR) is 79.3 cm³/mol. The summed E-state index contributed by atoms with van der Waals surface area (Å²) in [6.07, 6.45) is 4.68. The van der Waals surface area contributed by atoms with Crippen LogP contribution in [0.1, 0.15) is 17.2 Å². The van der Waals surface area contributed by atoms with E-state index in [-0.39, 0.29) is 0 Å². The number of hydrogen-bond donors (Lipinski definition) is 2. The molecule has 0 aliphatic carbocycles.